The highest BCUT2D eigenvalue weighted by Crippen LogP contribution is 2.23. The van der Waals surface area contributed by atoms with Gasteiger partial charge in [-0.3, -0.25) is 4.79 Å². The molecular weight excluding hydrogens is 332 g/mol. The Bertz CT molecular complexity index is 641. The van der Waals surface area contributed by atoms with Crippen LogP contribution in [0.15, 0.2) is 46.9 Å². The van der Waals surface area contributed by atoms with E-state index in [1.165, 1.54) is 7.11 Å². The van der Waals surface area contributed by atoms with Crippen molar-refractivity contribution in [3.8, 4) is 5.75 Å². The van der Waals surface area contributed by atoms with Crippen molar-refractivity contribution in [2.75, 3.05) is 12.8 Å². The van der Waals surface area contributed by atoms with Crippen molar-refractivity contribution in [1.29, 1.82) is 0 Å². The fourth-order valence-corrected chi connectivity index (χ4v) is 2.27. The van der Waals surface area contributed by atoms with Crippen molar-refractivity contribution in [3.05, 3.63) is 58.1 Å². The van der Waals surface area contributed by atoms with Crippen LogP contribution < -0.4 is 15.8 Å². The third kappa shape index (κ3) is 3.76. The molecule has 0 spiro atoms. The van der Waals surface area contributed by atoms with Gasteiger partial charge in [0.25, 0.3) is 5.91 Å². The molecule has 4 nitrogen and oxygen atoms in total. The highest BCUT2D eigenvalue weighted by Gasteiger charge is 2.15. The SMILES string of the molecule is COc1cc(N)ccc1C(=O)N[C@@H](C)c1ccc(Br)cc1. The lowest BCUT2D eigenvalue weighted by Gasteiger charge is -2.16. The smallest absolute Gasteiger partial charge is 0.255 e. The first-order valence-electron chi connectivity index (χ1n) is 6.51. The summed E-state index contributed by atoms with van der Waals surface area (Å²) >= 11 is 3.39. The number of ether oxygens (including phenoxy) is 1. The van der Waals surface area contributed by atoms with Crippen LogP contribution in [0.25, 0.3) is 0 Å². The molecule has 2 rings (SSSR count). The van der Waals surface area contributed by atoms with Gasteiger partial charge in [-0.2, -0.15) is 0 Å². The molecule has 0 saturated heterocycles. The number of carbonyl (C=O) groups is 1. The molecule has 2 aromatic carbocycles. The summed E-state index contributed by atoms with van der Waals surface area (Å²) in [6.45, 7) is 1.94. The fraction of sp³-hybridized carbons (Fsp3) is 0.188. The third-order valence-corrected chi connectivity index (χ3v) is 3.72. The fourth-order valence-electron chi connectivity index (χ4n) is 2.00. The predicted octanol–water partition coefficient (Wildman–Crippen LogP) is 3.53. The number of hydrogen-bond donors (Lipinski definition) is 2. The number of nitrogens with two attached hydrogens (primary N) is 1. The number of hydrogen-bond acceptors (Lipinski definition) is 3. The molecule has 0 radical (unpaired) electrons. The summed E-state index contributed by atoms with van der Waals surface area (Å²) in [5, 5.41) is 2.95. The van der Waals surface area contributed by atoms with Gasteiger partial charge in [0.15, 0.2) is 0 Å². The highest BCUT2D eigenvalue weighted by atomic mass is 79.9. The number of halogens is 1. The predicted molar refractivity (Wildman–Crippen MR) is 87.4 cm³/mol. The molecule has 0 aliphatic heterocycles. The minimum atomic E-state index is -0.192. The van der Waals surface area contributed by atoms with Gasteiger partial charge in [0.2, 0.25) is 0 Å². The third-order valence-electron chi connectivity index (χ3n) is 3.19. The maximum Gasteiger partial charge on any atom is 0.255 e. The average Bonchev–Trinajstić information content (AvgIpc) is 2.47. The minimum Gasteiger partial charge on any atom is -0.496 e. The number of methoxy groups -OCH3 is 1. The summed E-state index contributed by atoms with van der Waals surface area (Å²) in [5.74, 6) is 0.276. The number of benzene rings is 2. The van der Waals surface area contributed by atoms with Gasteiger partial charge < -0.3 is 15.8 Å². The Hall–Kier alpha value is -2.01. The lowest BCUT2D eigenvalue weighted by atomic mass is 10.1. The Morgan fingerprint density at radius 1 is 1.24 bits per heavy atom. The average molecular weight is 349 g/mol. The lowest BCUT2D eigenvalue weighted by molar-refractivity contribution is 0.0937. The number of nitrogens with one attached hydrogen (secondary N) is 1. The molecule has 2 aromatic rings. The van der Waals surface area contributed by atoms with Gasteiger partial charge >= 0.3 is 0 Å². The minimum absolute atomic E-state index is 0.104. The molecule has 0 aromatic heterocycles. The lowest BCUT2D eigenvalue weighted by Crippen LogP contribution is -2.27. The van der Waals surface area contributed by atoms with E-state index in [0.717, 1.165) is 10.0 Å². The van der Waals surface area contributed by atoms with E-state index >= 15 is 0 Å². The Morgan fingerprint density at radius 3 is 2.52 bits per heavy atom. The molecule has 110 valence electrons. The quantitative estimate of drug-likeness (QED) is 0.830. The van der Waals surface area contributed by atoms with Crippen molar-refractivity contribution < 1.29 is 9.53 Å². The second-order valence-electron chi connectivity index (χ2n) is 4.71. The number of rotatable bonds is 4. The molecule has 0 unspecified atom stereocenters. The summed E-state index contributed by atoms with van der Waals surface area (Å²) < 4.78 is 6.21. The Kier molecular flexibility index (Phi) is 4.85. The molecule has 3 N–H and O–H groups in total. The van der Waals surface area contributed by atoms with Crippen molar-refractivity contribution in [2.24, 2.45) is 0 Å². The summed E-state index contributed by atoms with van der Waals surface area (Å²) in [4.78, 5) is 12.3. The van der Waals surface area contributed by atoms with Gasteiger partial charge in [0.05, 0.1) is 18.7 Å². The molecular formula is C16H17BrN2O2. The zero-order valence-corrected chi connectivity index (χ0v) is 13.5. The zero-order valence-electron chi connectivity index (χ0n) is 11.9. The maximum absolute atomic E-state index is 12.3. The first-order valence-corrected chi connectivity index (χ1v) is 7.30. The van der Waals surface area contributed by atoms with Crippen LogP contribution in [-0.4, -0.2) is 13.0 Å². The Labute approximate surface area is 132 Å². The van der Waals surface area contributed by atoms with Crippen LogP contribution >= 0.6 is 15.9 Å². The molecule has 0 saturated carbocycles. The molecule has 1 atom stereocenters. The van der Waals surface area contributed by atoms with Crippen LogP contribution in [0.1, 0.15) is 28.9 Å². The van der Waals surface area contributed by atoms with E-state index in [2.05, 4.69) is 21.2 Å². The molecule has 1 amide bonds. The molecule has 0 aliphatic carbocycles. The van der Waals surface area contributed by atoms with Crippen LogP contribution in [0.4, 0.5) is 5.69 Å². The topological polar surface area (TPSA) is 64.3 Å². The van der Waals surface area contributed by atoms with E-state index in [-0.39, 0.29) is 11.9 Å². The van der Waals surface area contributed by atoms with Crippen LogP contribution in [0.3, 0.4) is 0 Å². The molecule has 21 heavy (non-hydrogen) atoms. The van der Waals surface area contributed by atoms with Crippen LogP contribution in [-0.2, 0) is 0 Å². The molecule has 0 fully saturated rings. The van der Waals surface area contributed by atoms with Crippen molar-refractivity contribution >= 4 is 27.5 Å². The van der Waals surface area contributed by atoms with E-state index in [9.17, 15) is 4.79 Å². The van der Waals surface area contributed by atoms with Gasteiger partial charge in [-0.25, -0.2) is 0 Å². The van der Waals surface area contributed by atoms with E-state index in [4.69, 9.17) is 10.5 Å². The van der Waals surface area contributed by atoms with E-state index in [1.807, 2.05) is 31.2 Å². The second-order valence-corrected chi connectivity index (χ2v) is 5.62. The first-order chi connectivity index (χ1) is 10.0. The van der Waals surface area contributed by atoms with E-state index in [1.54, 1.807) is 18.2 Å². The van der Waals surface area contributed by atoms with Gasteiger partial charge in [-0.1, -0.05) is 28.1 Å². The molecule has 0 bridgehead atoms. The monoisotopic (exact) mass is 348 g/mol. The van der Waals surface area contributed by atoms with Crippen molar-refractivity contribution in [2.45, 2.75) is 13.0 Å². The van der Waals surface area contributed by atoms with Crippen molar-refractivity contribution in [3.63, 3.8) is 0 Å². The Balaban J connectivity index is 2.16. The maximum atomic E-state index is 12.3. The summed E-state index contributed by atoms with van der Waals surface area (Å²) in [7, 11) is 1.52. The van der Waals surface area contributed by atoms with E-state index < -0.39 is 0 Å². The summed E-state index contributed by atoms with van der Waals surface area (Å²) in [6, 6.07) is 12.7. The number of nitrogen functional groups attached to an aromatic ring is 1. The largest absolute Gasteiger partial charge is 0.496 e. The summed E-state index contributed by atoms with van der Waals surface area (Å²) in [6.07, 6.45) is 0. The van der Waals surface area contributed by atoms with Crippen molar-refractivity contribution in [1.82, 2.24) is 5.32 Å². The van der Waals surface area contributed by atoms with Crippen LogP contribution in [0.2, 0.25) is 0 Å². The zero-order chi connectivity index (χ0) is 15.4. The molecule has 0 heterocycles. The van der Waals surface area contributed by atoms with Crippen LogP contribution in [0, 0.1) is 0 Å². The first kappa shape index (κ1) is 15.4. The van der Waals surface area contributed by atoms with Gasteiger partial charge in [-0.05, 0) is 36.8 Å². The van der Waals surface area contributed by atoms with Crippen LogP contribution in [0.5, 0.6) is 5.75 Å². The summed E-state index contributed by atoms with van der Waals surface area (Å²) in [5.41, 5.74) is 7.75. The van der Waals surface area contributed by atoms with E-state index in [0.29, 0.717) is 17.0 Å². The van der Waals surface area contributed by atoms with Gasteiger partial charge in [0.1, 0.15) is 5.75 Å². The Morgan fingerprint density at radius 2 is 1.90 bits per heavy atom. The van der Waals surface area contributed by atoms with Gasteiger partial charge in [0, 0.05) is 16.2 Å². The molecule has 5 heteroatoms. The van der Waals surface area contributed by atoms with Gasteiger partial charge in [-0.15, -0.1) is 0 Å². The normalized spacial score (nSPS) is 11.8. The number of carbonyl (C=O) groups excluding carboxylic acids is 1. The number of amides is 1. The standard InChI is InChI=1S/C16H17BrN2O2/c1-10(11-3-5-12(17)6-4-11)19-16(20)14-8-7-13(18)9-15(14)21-2/h3-10H,18H2,1-2H3,(H,19,20)/t10-/m0/s1. The molecule has 0 aliphatic rings. The number of anilines is 1. The highest BCUT2D eigenvalue weighted by molar-refractivity contribution is 9.10. The second kappa shape index (κ2) is 6.63.